The summed E-state index contributed by atoms with van der Waals surface area (Å²) in [5.74, 6) is 0. The van der Waals surface area contributed by atoms with E-state index in [1.165, 1.54) is 0 Å². The van der Waals surface area contributed by atoms with Crippen molar-refractivity contribution in [1.82, 2.24) is 10.4 Å². The van der Waals surface area contributed by atoms with Gasteiger partial charge in [0.05, 0.1) is 13.2 Å². The molecule has 0 spiro atoms. The Labute approximate surface area is 110 Å². The van der Waals surface area contributed by atoms with Crippen molar-refractivity contribution < 1.29 is 45.2 Å². The largest absolute Gasteiger partial charge is 1.00 e. The van der Waals surface area contributed by atoms with Gasteiger partial charge in [0.25, 0.3) is 0 Å². The van der Waals surface area contributed by atoms with Crippen LogP contribution in [0.25, 0.3) is 0 Å². The van der Waals surface area contributed by atoms with E-state index in [1.807, 2.05) is 5.01 Å². The molecule has 74 valence electrons. The molecule has 5 nitrogen and oxygen atoms in total. The maximum atomic E-state index is 5.12. The Morgan fingerprint density at radius 1 is 1.31 bits per heavy atom. The zero-order valence-corrected chi connectivity index (χ0v) is 11.1. The smallest absolute Gasteiger partial charge is 0.412 e. The van der Waals surface area contributed by atoms with Gasteiger partial charge in [-0.25, -0.2) is 5.01 Å². The molecular formula is C5H13N2NaO3S2. The summed E-state index contributed by atoms with van der Waals surface area (Å²) in [4.78, 5) is 0. The standard InChI is InChI=1S/C5H10N2OS2.Na.2H2O/c9-5(10)6-7-1-3-8-4-2-7;;;/h1-4H2,(H2,6,9,10);;2*1H2/q;+1;;/p-1. The van der Waals surface area contributed by atoms with Crippen molar-refractivity contribution in [3.63, 3.8) is 0 Å². The van der Waals surface area contributed by atoms with E-state index in [-0.39, 0.29) is 40.5 Å². The minimum atomic E-state index is 0. The van der Waals surface area contributed by atoms with Crippen molar-refractivity contribution >= 4 is 29.2 Å². The summed E-state index contributed by atoms with van der Waals surface area (Å²) in [6.45, 7) is 3.23. The number of hydrogen-bond donors (Lipinski definition) is 1. The minimum Gasteiger partial charge on any atom is -0.412 e. The molecule has 0 aromatic rings. The van der Waals surface area contributed by atoms with Gasteiger partial charge >= 0.3 is 29.6 Å². The number of ether oxygens (including phenoxy) is 1. The van der Waals surface area contributed by atoms with E-state index in [9.17, 15) is 0 Å². The summed E-state index contributed by atoms with van der Waals surface area (Å²) < 4.78 is 5.53. The van der Waals surface area contributed by atoms with Gasteiger partial charge in [-0.3, -0.25) is 0 Å². The molecule has 1 aliphatic rings. The molecule has 1 heterocycles. The Morgan fingerprint density at radius 2 is 1.77 bits per heavy atom. The monoisotopic (exact) mass is 236 g/mol. The molecule has 0 radical (unpaired) electrons. The van der Waals surface area contributed by atoms with E-state index in [0.29, 0.717) is 4.32 Å². The molecule has 1 saturated heterocycles. The fourth-order valence-corrected chi connectivity index (χ4v) is 1.06. The maximum Gasteiger partial charge on any atom is 1.00 e. The van der Waals surface area contributed by atoms with Crippen LogP contribution >= 0.6 is 12.2 Å². The van der Waals surface area contributed by atoms with E-state index in [4.69, 9.17) is 29.6 Å². The molecule has 13 heavy (non-hydrogen) atoms. The summed E-state index contributed by atoms with van der Waals surface area (Å²) >= 11 is 9.40. The molecule has 0 saturated carbocycles. The summed E-state index contributed by atoms with van der Waals surface area (Å²) in [6.07, 6.45) is 0. The first-order valence-electron chi connectivity index (χ1n) is 3.09. The molecule has 0 amide bonds. The zero-order valence-electron chi connectivity index (χ0n) is 7.50. The van der Waals surface area contributed by atoms with Crippen LogP contribution in [0.1, 0.15) is 0 Å². The first kappa shape index (κ1) is 19.5. The topological polar surface area (TPSA) is 87.5 Å². The average Bonchev–Trinajstić information content (AvgIpc) is 1.88. The second kappa shape index (κ2) is 11.0. The average molecular weight is 236 g/mol. The van der Waals surface area contributed by atoms with Gasteiger partial charge in [0.15, 0.2) is 0 Å². The van der Waals surface area contributed by atoms with E-state index < -0.39 is 0 Å². The molecule has 1 fully saturated rings. The fourth-order valence-electron chi connectivity index (χ4n) is 0.804. The first-order valence-corrected chi connectivity index (χ1v) is 3.91. The molecule has 0 aliphatic carbocycles. The number of thiocarbonyl (C=S) groups is 1. The van der Waals surface area contributed by atoms with Crippen LogP contribution in [-0.4, -0.2) is 46.6 Å². The van der Waals surface area contributed by atoms with E-state index >= 15 is 0 Å². The fraction of sp³-hybridized carbons (Fsp3) is 0.800. The summed E-state index contributed by atoms with van der Waals surface area (Å²) in [5, 5.41) is 1.97. The van der Waals surface area contributed by atoms with Crippen LogP contribution in [0.2, 0.25) is 0 Å². The SMILES string of the molecule is O.O.S=C([S-])NN1CCOCC1.[Na+]. The molecule has 8 heteroatoms. The van der Waals surface area contributed by atoms with Crippen LogP contribution in [0, 0.1) is 0 Å². The number of hydrogen-bond acceptors (Lipinski definition) is 4. The van der Waals surface area contributed by atoms with Gasteiger partial charge < -0.3 is 46.0 Å². The summed E-state index contributed by atoms with van der Waals surface area (Å²) in [7, 11) is 0. The summed E-state index contributed by atoms with van der Waals surface area (Å²) in [6, 6.07) is 0. The number of morpholine rings is 1. The van der Waals surface area contributed by atoms with Crippen molar-refractivity contribution in [2.24, 2.45) is 0 Å². The van der Waals surface area contributed by atoms with Crippen molar-refractivity contribution in [1.29, 1.82) is 0 Å². The number of rotatable bonds is 1. The molecule has 1 rings (SSSR count). The van der Waals surface area contributed by atoms with Crippen LogP contribution in [0.5, 0.6) is 0 Å². The molecule has 5 N–H and O–H groups in total. The molecule has 1 aliphatic heterocycles. The van der Waals surface area contributed by atoms with Crippen LogP contribution in [-0.2, 0) is 17.4 Å². The summed E-state index contributed by atoms with van der Waals surface area (Å²) in [5.41, 5.74) is 2.88. The molecule has 0 aromatic heterocycles. The van der Waals surface area contributed by atoms with E-state index in [0.717, 1.165) is 26.3 Å². The Hall–Kier alpha value is 0.950. The van der Waals surface area contributed by atoms with Crippen molar-refractivity contribution in [2.75, 3.05) is 26.3 Å². The van der Waals surface area contributed by atoms with Gasteiger partial charge in [0.1, 0.15) is 0 Å². The third kappa shape index (κ3) is 9.26. The van der Waals surface area contributed by atoms with Gasteiger partial charge in [-0.15, -0.1) is 0 Å². The second-order valence-electron chi connectivity index (χ2n) is 2.00. The van der Waals surface area contributed by atoms with Gasteiger partial charge in [-0.2, -0.15) is 0 Å². The molecule has 0 unspecified atom stereocenters. The molecule has 0 aromatic carbocycles. The van der Waals surface area contributed by atoms with Crippen molar-refractivity contribution in [2.45, 2.75) is 0 Å². The second-order valence-corrected chi connectivity index (χ2v) is 3.07. The Kier molecular flexibility index (Phi) is 16.6. The van der Waals surface area contributed by atoms with Crippen LogP contribution in [0.4, 0.5) is 0 Å². The molecular weight excluding hydrogens is 223 g/mol. The van der Waals surface area contributed by atoms with Gasteiger partial charge in [0.2, 0.25) is 0 Å². The van der Waals surface area contributed by atoms with E-state index in [1.54, 1.807) is 0 Å². The van der Waals surface area contributed by atoms with Gasteiger partial charge in [-0.1, -0.05) is 0 Å². The Morgan fingerprint density at radius 3 is 2.15 bits per heavy atom. The Balaban J connectivity index is -0.000000333. The molecule has 0 bridgehead atoms. The predicted octanol–water partition coefficient (Wildman–Crippen LogP) is -4.99. The van der Waals surface area contributed by atoms with Crippen LogP contribution in [0.3, 0.4) is 0 Å². The van der Waals surface area contributed by atoms with Crippen LogP contribution < -0.4 is 35.0 Å². The number of nitrogens with zero attached hydrogens (tertiary/aromatic N) is 1. The van der Waals surface area contributed by atoms with Gasteiger partial charge in [-0.05, 0) is 4.32 Å². The normalized spacial score (nSPS) is 15.7. The quantitative estimate of drug-likeness (QED) is 0.280. The number of hydrazine groups is 1. The van der Waals surface area contributed by atoms with Crippen LogP contribution in [0.15, 0.2) is 0 Å². The first-order chi connectivity index (χ1) is 4.79. The molecule has 0 atom stereocenters. The third-order valence-corrected chi connectivity index (χ3v) is 1.44. The van der Waals surface area contributed by atoms with Crippen molar-refractivity contribution in [3.05, 3.63) is 0 Å². The third-order valence-electron chi connectivity index (χ3n) is 1.26. The Bertz CT molecular complexity index is 135. The number of nitrogens with one attached hydrogen (secondary N) is 1. The predicted molar refractivity (Wildman–Crippen MR) is 52.7 cm³/mol. The van der Waals surface area contributed by atoms with Crippen molar-refractivity contribution in [3.8, 4) is 0 Å². The minimum absolute atomic E-state index is 0. The van der Waals surface area contributed by atoms with E-state index in [2.05, 4.69) is 5.43 Å². The van der Waals surface area contributed by atoms with Gasteiger partial charge in [0, 0.05) is 13.1 Å². The zero-order chi connectivity index (χ0) is 7.40. The maximum absolute atomic E-state index is 5.12.